The molecule has 0 saturated carbocycles. The van der Waals surface area contributed by atoms with E-state index in [9.17, 15) is 14.7 Å². The number of carboxylic acids is 1. The fourth-order valence-corrected chi connectivity index (χ4v) is 3.46. The molecular weight excluding hydrogens is 362 g/mol. The second-order valence-electron chi connectivity index (χ2n) is 6.24. The van der Waals surface area contributed by atoms with Crippen LogP contribution in [-0.4, -0.2) is 22.0 Å². The minimum absolute atomic E-state index is 0.313. The zero-order chi connectivity index (χ0) is 19.4. The normalized spacial score (nSPS) is 13.1. The van der Waals surface area contributed by atoms with E-state index in [0.717, 1.165) is 16.3 Å². The summed E-state index contributed by atoms with van der Waals surface area (Å²) >= 11 is 1.46. The Morgan fingerprint density at radius 1 is 1.15 bits per heavy atom. The summed E-state index contributed by atoms with van der Waals surface area (Å²) in [7, 11) is 0. The molecule has 0 spiro atoms. The Balaban J connectivity index is 1.75. The average molecular weight is 381 g/mol. The third-order valence-corrected chi connectivity index (χ3v) is 5.31. The van der Waals surface area contributed by atoms with Gasteiger partial charge in [-0.15, -0.1) is 11.3 Å². The predicted molar refractivity (Wildman–Crippen MR) is 104 cm³/mol. The molecule has 0 radical (unpaired) electrons. The fraction of sp³-hybridized carbons (Fsp3) is 0.150. The molecule has 4 N–H and O–H groups in total. The standard InChI is InChI=1S/C20H19N3O3S/c1-20(19(25)26,15-5-3-2-4-6-15)22-11-16-12-27-18(23-16)14-9-7-13(8-10-14)17(21)24/h2-10,12,22H,11H2,1H3,(H2,21,24)(H,25,26). The average Bonchev–Trinajstić information content (AvgIpc) is 3.16. The van der Waals surface area contributed by atoms with Gasteiger partial charge in [-0.3, -0.25) is 10.1 Å². The maximum atomic E-state index is 11.8. The lowest BCUT2D eigenvalue weighted by molar-refractivity contribution is -0.144. The lowest BCUT2D eigenvalue weighted by Gasteiger charge is -2.26. The highest BCUT2D eigenvalue weighted by molar-refractivity contribution is 7.13. The van der Waals surface area contributed by atoms with Crippen molar-refractivity contribution in [1.29, 1.82) is 0 Å². The quantitative estimate of drug-likeness (QED) is 0.583. The number of carbonyl (C=O) groups is 2. The van der Waals surface area contributed by atoms with Gasteiger partial charge in [0.2, 0.25) is 5.91 Å². The van der Waals surface area contributed by atoms with Crippen molar-refractivity contribution in [3.8, 4) is 10.6 Å². The van der Waals surface area contributed by atoms with Crippen LogP contribution in [0.15, 0.2) is 60.0 Å². The second-order valence-corrected chi connectivity index (χ2v) is 7.09. The Kier molecular flexibility index (Phi) is 5.34. The number of rotatable bonds is 7. The van der Waals surface area contributed by atoms with Crippen LogP contribution in [0, 0.1) is 0 Å². The van der Waals surface area contributed by atoms with Crippen molar-refractivity contribution < 1.29 is 14.7 Å². The van der Waals surface area contributed by atoms with Gasteiger partial charge in [-0.2, -0.15) is 0 Å². The lowest BCUT2D eigenvalue weighted by atomic mass is 9.92. The van der Waals surface area contributed by atoms with E-state index in [1.165, 1.54) is 11.3 Å². The number of carbonyl (C=O) groups excluding carboxylic acids is 1. The predicted octanol–water partition coefficient (Wildman–Crippen LogP) is 3.00. The van der Waals surface area contributed by atoms with Gasteiger partial charge in [0.25, 0.3) is 0 Å². The van der Waals surface area contributed by atoms with Gasteiger partial charge in [0.15, 0.2) is 0 Å². The second kappa shape index (κ2) is 7.69. The van der Waals surface area contributed by atoms with E-state index in [-0.39, 0.29) is 0 Å². The van der Waals surface area contributed by atoms with E-state index in [0.29, 0.717) is 17.7 Å². The number of aliphatic carboxylic acids is 1. The molecule has 1 unspecified atom stereocenters. The summed E-state index contributed by atoms with van der Waals surface area (Å²) in [6.07, 6.45) is 0. The summed E-state index contributed by atoms with van der Waals surface area (Å²) < 4.78 is 0. The Morgan fingerprint density at radius 2 is 1.81 bits per heavy atom. The summed E-state index contributed by atoms with van der Waals surface area (Å²) in [5.74, 6) is -1.43. The van der Waals surface area contributed by atoms with E-state index >= 15 is 0 Å². The Bertz CT molecular complexity index is 954. The SMILES string of the molecule is CC(NCc1csc(-c2ccc(C(N)=O)cc2)n1)(C(=O)O)c1ccccc1. The summed E-state index contributed by atoms with van der Waals surface area (Å²) in [5.41, 5.74) is 6.78. The van der Waals surface area contributed by atoms with Crippen molar-refractivity contribution in [3.63, 3.8) is 0 Å². The van der Waals surface area contributed by atoms with Crippen molar-refractivity contribution in [2.24, 2.45) is 5.73 Å². The number of hydrogen-bond donors (Lipinski definition) is 3. The van der Waals surface area contributed by atoms with E-state index in [2.05, 4.69) is 10.3 Å². The number of carboxylic acid groups (broad SMARTS) is 1. The summed E-state index contributed by atoms with van der Waals surface area (Å²) in [4.78, 5) is 27.6. The third kappa shape index (κ3) is 4.05. The molecule has 138 valence electrons. The molecule has 27 heavy (non-hydrogen) atoms. The van der Waals surface area contributed by atoms with E-state index < -0.39 is 17.4 Å². The van der Waals surface area contributed by atoms with Gasteiger partial charge in [-0.25, -0.2) is 9.78 Å². The lowest BCUT2D eigenvalue weighted by Crippen LogP contribution is -2.46. The molecule has 6 nitrogen and oxygen atoms in total. The summed E-state index contributed by atoms with van der Waals surface area (Å²) in [5, 5.41) is 15.5. The van der Waals surface area contributed by atoms with Crippen molar-refractivity contribution in [1.82, 2.24) is 10.3 Å². The highest BCUT2D eigenvalue weighted by Gasteiger charge is 2.34. The number of thiazole rings is 1. The zero-order valence-electron chi connectivity index (χ0n) is 14.7. The summed E-state index contributed by atoms with van der Waals surface area (Å²) in [6.45, 7) is 1.95. The molecule has 1 amide bonds. The van der Waals surface area contributed by atoms with Crippen molar-refractivity contribution in [2.45, 2.75) is 19.0 Å². The molecule has 1 aromatic heterocycles. The van der Waals surface area contributed by atoms with Crippen LogP contribution in [-0.2, 0) is 16.9 Å². The number of nitrogens with two attached hydrogens (primary N) is 1. The number of nitrogens with one attached hydrogen (secondary N) is 1. The van der Waals surface area contributed by atoms with Crippen LogP contribution in [0.3, 0.4) is 0 Å². The molecule has 0 fully saturated rings. The van der Waals surface area contributed by atoms with Crippen molar-refractivity contribution >= 4 is 23.2 Å². The van der Waals surface area contributed by atoms with Crippen LogP contribution < -0.4 is 11.1 Å². The number of primary amides is 1. The number of benzene rings is 2. The highest BCUT2D eigenvalue weighted by atomic mass is 32.1. The van der Waals surface area contributed by atoms with Gasteiger partial charge in [0, 0.05) is 23.1 Å². The van der Waals surface area contributed by atoms with Crippen molar-refractivity contribution in [2.75, 3.05) is 0 Å². The molecule has 7 heteroatoms. The molecule has 0 saturated heterocycles. The van der Waals surface area contributed by atoms with Crippen LogP contribution >= 0.6 is 11.3 Å². The molecule has 1 heterocycles. The van der Waals surface area contributed by atoms with Crippen LogP contribution in [0.2, 0.25) is 0 Å². The monoisotopic (exact) mass is 381 g/mol. The smallest absolute Gasteiger partial charge is 0.328 e. The fourth-order valence-electron chi connectivity index (χ4n) is 2.64. The first-order valence-electron chi connectivity index (χ1n) is 8.29. The zero-order valence-corrected chi connectivity index (χ0v) is 15.5. The molecule has 1 atom stereocenters. The number of nitrogens with zero attached hydrogens (tertiary/aromatic N) is 1. The Hall–Kier alpha value is -3.03. The highest BCUT2D eigenvalue weighted by Crippen LogP contribution is 2.26. The maximum absolute atomic E-state index is 11.8. The summed E-state index contributed by atoms with van der Waals surface area (Å²) in [6, 6.07) is 16.0. The molecule has 3 rings (SSSR count). The Morgan fingerprint density at radius 3 is 2.41 bits per heavy atom. The molecule has 2 aromatic carbocycles. The topological polar surface area (TPSA) is 105 Å². The van der Waals surface area contributed by atoms with Crippen LogP contribution in [0.4, 0.5) is 0 Å². The minimum Gasteiger partial charge on any atom is -0.480 e. The molecular formula is C20H19N3O3S. The van der Waals surface area contributed by atoms with Gasteiger partial charge in [-0.1, -0.05) is 42.5 Å². The van der Waals surface area contributed by atoms with Gasteiger partial charge in [0.1, 0.15) is 10.5 Å². The van der Waals surface area contributed by atoms with E-state index in [4.69, 9.17) is 5.73 Å². The molecule has 0 aliphatic heterocycles. The van der Waals surface area contributed by atoms with Gasteiger partial charge >= 0.3 is 5.97 Å². The molecule has 0 bridgehead atoms. The van der Waals surface area contributed by atoms with Gasteiger partial charge < -0.3 is 10.8 Å². The van der Waals surface area contributed by atoms with E-state index in [1.54, 1.807) is 43.3 Å². The first kappa shape index (κ1) is 18.8. The minimum atomic E-state index is -1.21. The van der Waals surface area contributed by atoms with Crippen LogP contribution in [0.5, 0.6) is 0 Å². The Labute approximate surface area is 160 Å². The molecule has 3 aromatic rings. The third-order valence-electron chi connectivity index (χ3n) is 4.37. The van der Waals surface area contributed by atoms with Crippen LogP contribution in [0.25, 0.3) is 10.6 Å². The first-order valence-corrected chi connectivity index (χ1v) is 9.17. The van der Waals surface area contributed by atoms with Crippen molar-refractivity contribution in [3.05, 3.63) is 76.8 Å². The molecule has 0 aliphatic carbocycles. The number of aromatic nitrogens is 1. The van der Waals surface area contributed by atoms with Crippen LogP contribution in [0.1, 0.15) is 28.5 Å². The maximum Gasteiger partial charge on any atom is 0.328 e. The number of hydrogen-bond acceptors (Lipinski definition) is 5. The molecule has 0 aliphatic rings. The van der Waals surface area contributed by atoms with E-state index in [1.807, 2.05) is 23.6 Å². The van der Waals surface area contributed by atoms with Gasteiger partial charge in [-0.05, 0) is 24.6 Å². The first-order chi connectivity index (χ1) is 12.9. The van der Waals surface area contributed by atoms with Gasteiger partial charge in [0.05, 0.1) is 5.69 Å². The largest absolute Gasteiger partial charge is 0.480 e. The number of amides is 1.